The number of nitrogens with one attached hydrogen (secondary N) is 1. The minimum atomic E-state index is 0.346. The number of hydrogen-bond donors (Lipinski definition) is 1. The van der Waals surface area contributed by atoms with Crippen molar-refractivity contribution in [3.63, 3.8) is 0 Å². The molecule has 1 aromatic heterocycles. The normalized spacial score (nSPS) is 19.8. The lowest BCUT2D eigenvalue weighted by Gasteiger charge is -2.37. The second-order valence-electron chi connectivity index (χ2n) is 6.64. The Morgan fingerprint density at radius 1 is 1.30 bits per heavy atom. The maximum Gasteiger partial charge on any atom is 0.0644 e. The summed E-state index contributed by atoms with van der Waals surface area (Å²) in [6.07, 6.45) is 5.34. The molecule has 1 N–H and O–H groups in total. The highest BCUT2D eigenvalue weighted by Crippen LogP contribution is 2.34. The molecule has 1 aromatic rings. The van der Waals surface area contributed by atoms with Crippen molar-refractivity contribution in [1.29, 1.82) is 0 Å². The fraction of sp³-hybridized carbons (Fsp3) is 0.812. The average molecular weight is 278 g/mol. The van der Waals surface area contributed by atoms with Gasteiger partial charge in [-0.05, 0) is 47.7 Å². The fourth-order valence-electron chi connectivity index (χ4n) is 3.68. The Balaban J connectivity index is 2.06. The van der Waals surface area contributed by atoms with Gasteiger partial charge in [0.1, 0.15) is 0 Å². The smallest absolute Gasteiger partial charge is 0.0644 e. The number of rotatable bonds is 5. The van der Waals surface area contributed by atoms with Crippen molar-refractivity contribution in [1.82, 2.24) is 20.0 Å². The lowest BCUT2D eigenvalue weighted by Crippen LogP contribution is -2.50. The molecule has 1 heterocycles. The molecule has 20 heavy (non-hydrogen) atoms. The number of aryl methyl sites for hydroxylation is 2. The summed E-state index contributed by atoms with van der Waals surface area (Å²) >= 11 is 0. The molecule has 0 spiro atoms. The monoisotopic (exact) mass is 278 g/mol. The number of hydrogen-bond acceptors (Lipinski definition) is 3. The van der Waals surface area contributed by atoms with Gasteiger partial charge < -0.3 is 10.2 Å². The number of nitrogens with zero attached hydrogens (tertiary/aromatic N) is 3. The summed E-state index contributed by atoms with van der Waals surface area (Å²) in [6, 6.07) is 0.362. The lowest BCUT2D eigenvalue weighted by molar-refractivity contribution is 0.150. The Morgan fingerprint density at radius 2 is 1.90 bits per heavy atom. The van der Waals surface area contributed by atoms with Crippen molar-refractivity contribution >= 4 is 0 Å². The van der Waals surface area contributed by atoms with Crippen molar-refractivity contribution in [2.45, 2.75) is 58.0 Å². The third-order valence-corrected chi connectivity index (χ3v) is 5.22. The van der Waals surface area contributed by atoms with E-state index in [0.29, 0.717) is 11.6 Å². The molecule has 1 fully saturated rings. The molecule has 0 amide bonds. The summed E-state index contributed by atoms with van der Waals surface area (Å²) in [5.74, 6) is 0. The van der Waals surface area contributed by atoms with Gasteiger partial charge in [-0.2, -0.15) is 5.10 Å². The standard InChI is InChI=1S/C16H30N4/c1-12(15-13(2)18-20(6)14(15)3)17-11-16(19(4)5)9-7-8-10-16/h12,17H,7-11H2,1-6H3. The Labute approximate surface area is 123 Å². The fourth-order valence-corrected chi connectivity index (χ4v) is 3.68. The van der Waals surface area contributed by atoms with Crippen LogP contribution in [0.1, 0.15) is 55.6 Å². The molecule has 4 heteroatoms. The quantitative estimate of drug-likeness (QED) is 0.898. The second kappa shape index (κ2) is 5.86. The van der Waals surface area contributed by atoms with E-state index in [1.165, 1.54) is 36.9 Å². The van der Waals surface area contributed by atoms with Gasteiger partial charge in [0.05, 0.1) is 5.69 Å². The summed E-state index contributed by atoms with van der Waals surface area (Å²) in [5, 5.41) is 8.29. The summed E-state index contributed by atoms with van der Waals surface area (Å²) in [5.41, 5.74) is 4.13. The zero-order valence-electron chi connectivity index (χ0n) is 14.0. The molecule has 1 unspecified atom stereocenters. The summed E-state index contributed by atoms with van der Waals surface area (Å²) in [7, 11) is 6.47. The van der Waals surface area contributed by atoms with Crippen LogP contribution < -0.4 is 5.32 Å². The van der Waals surface area contributed by atoms with E-state index < -0.39 is 0 Å². The van der Waals surface area contributed by atoms with Gasteiger partial charge in [-0.15, -0.1) is 0 Å². The van der Waals surface area contributed by atoms with Gasteiger partial charge in [-0.25, -0.2) is 0 Å². The maximum absolute atomic E-state index is 4.53. The van der Waals surface area contributed by atoms with Crippen LogP contribution in [-0.4, -0.2) is 40.9 Å². The van der Waals surface area contributed by atoms with Gasteiger partial charge in [0, 0.05) is 36.4 Å². The minimum Gasteiger partial charge on any atom is -0.308 e. The molecule has 1 saturated carbocycles. The average Bonchev–Trinajstić information content (AvgIpc) is 2.94. The predicted octanol–water partition coefficient (Wildman–Crippen LogP) is 2.56. The molecule has 0 saturated heterocycles. The van der Waals surface area contributed by atoms with E-state index in [2.05, 4.69) is 50.2 Å². The van der Waals surface area contributed by atoms with Crippen LogP contribution in [0.5, 0.6) is 0 Å². The number of likely N-dealkylation sites (N-methyl/N-ethyl adjacent to an activating group) is 1. The van der Waals surface area contributed by atoms with Gasteiger partial charge >= 0.3 is 0 Å². The molecule has 2 rings (SSSR count). The highest BCUT2D eigenvalue weighted by molar-refractivity contribution is 5.27. The third-order valence-electron chi connectivity index (χ3n) is 5.22. The van der Waals surface area contributed by atoms with Crippen LogP contribution in [0.15, 0.2) is 0 Å². The van der Waals surface area contributed by atoms with Crippen LogP contribution in [0.25, 0.3) is 0 Å². The molecule has 114 valence electrons. The van der Waals surface area contributed by atoms with E-state index in [1.807, 2.05) is 11.7 Å². The van der Waals surface area contributed by atoms with Gasteiger partial charge in [-0.1, -0.05) is 12.8 Å². The van der Waals surface area contributed by atoms with Crippen LogP contribution in [0.2, 0.25) is 0 Å². The van der Waals surface area contributed by atoms with Crippen molar-refractivity contribution in [3.8, 4) is 0 Å². The van der Waals surface area contributed by atoms with Crippen LogP contribution in [-0.2, 0) is 7.05 Å². The van der Waals surface area contributed by atoms with Crippen LogP contribution >= 0.6 is 0 Å². The Morgan fingerprint density at radius 3 is 2.35 bits per heavy atom. The predicted molar refractivity (Wildman–Crippen MR) is 84.0 cm³/mol. The summed E-state index contributed by atoms with van der Waals surface area (Å²) in [4.78, 5) is 2.42. The SMILES string of the molecule is Cc1nn(C)c(C)c1C(C)NCC1(N(C)C)CCCC1. The molecule has 0 radical (unpaired) electrons. The van der Waals surface area contributed by atoms with Gasteiger partial charge in [-0.3, -0.25) is 4.68 Å². The van der Waals surface area contributed by atoms with Crippen molar-refractivity contribution < 1.29 is 0 Å². The lowest BCUT2D eigenvalue weighted by atomic mass is 9.95. The van der Waals surface area contributed by atoms with E-state index in [9.17, 15) is 0 Å². The van der Waals surface area contributed by atoms with E-state index in [-0.39, 0.29) is 0 Å². The summed E-state index contributed by atoms with van der Waals surface area (Å²) in [6.45, 7) is 7.59. The molecule has 0 bridgehead atoms. The minimum absolute atomic E-state index is 0.346. The molecule has 4 nitrogen and oxygen atoms in total. The first kappa shape index (κ1) is 15.5. The molecule has 1 aliphatic carbocycles. The number of aromatic nitrogens is 2. The third kappa shape index (κ3) is 2.77. The summed E-state index contributed by atoms with van der Waals surface area (Å²) < 4.78 is 1.99. The molecular formula is C16H30N4. The van der Waals surface area contributed by atoms with E-state index in [1.54, 1.807) is 0 Å². The maximum atomic E-state index is 4.53. The molecular weight excluding hydrogens is 248 g/mol. The van der Waals surface area contributed by atoms with Gasteiger partial charge in [0.25, 0.3) is 0 Å². The second-order valence-corrected chi connectivity index (χ2v) is 6.64. The first-order valence-electron chi connectivity index (χ1n) is 7.78. The van der Waals surface area contributed by atoms with Crippen LogP contribution in [0.3, 0.4) is 0 Å². The Bertz CT molecular complexity index is 455. The zero-order valence-corrected chi connectivity index (χ0v) is 14.0. The van der Waals surface area contributed by atoms with E-state index >= 15 is 0 Å². The zero-order chi connectivity index (χ0) is 14.9. The van der Waals surface area contributed by atoms with Crippen LogP contribution in [0, 0.1) is 13.8 Å². The van der Waals surface area contributed by atoms with E-state index in [0.717, 1.165) is 12.2 Å². The van der Waals surface area contributed by atoms with Gasteiger partial charge in [0.15, 0.2) is 0 Å². The van der Waals surface area contributed by atoms with Gasteiger partial charge in [0.2, 0.25) is 0 Å². The first-order chi connectivity index (χ1) is 9.37. The molecule has 0 aromatic carbocycles. The molecule has 1 atom stereocenters. The van der Waals surface area contributed by atoms with Crippen molar-refractivity contribution in [2.75, 3.05) is 20.6 Å². The van der Waals surface area contributed by atoms with E-state index in [4.69, 9.17) is 0 Å². The largest absolute Gasteiger partial charge is 0.308 e. The molecule has 1 aliphatic rings. The van der Waals surface area contributed by atoms with Crippen LogP contribution in [0.4, 0.5) is 0 Å². The highest BCUT2D eigenvalue weighted by Gasteiger charge is 2.36. The highest BCUT2D eigenvalue weighted by atomic mass is 15.3. The topological polar surface area (TPSA) is 33.1 Å². The molecule has 0 aliphatic heterocycles. The first-order valence-corrected chi connectivity index (χ1v) is 7.78. The van der Waals surface area contributed by atoms with Crippen molar-refractivity contribution in [3.05, 3.63) is 17.0 Å². The van der Waals surface area contributed by atoms with Crippen molar-refractivity contribution in [2.24, 2.45) is 7.05 Å². The Hall–Kier alpha value is -0.870. The Kier molecular flexibility index (Phi) is 4.55.